The van der Waals surface area contributed by atoms with Crippen molar-refractivity contribution in [3.63, 3.8) is 0 Å². The van der Waals surface area contributed by atoms with Gasteiger partial charge in [-0.15, -0.1) is 0 Å². The summed E-state index contributed by atoms with van der Waals surface area (Å²) in [6.07, 6.45) is -1.93. The largest absolute Gasteiger partial charge is 0.480 e. The van der Waals surface area contributed by atoms with Crippen molar-refractivity contribution in [2.75, 3.05) is 0 Å². The van der Waals surface area contributed by atoms with Crippen LogP contribution in [-0.4, -0.2) is 22.1 Å². The number of carboxylic acid groups (broad SMARTS) is 1. The number of hydrogen-bond donors (Lipinski definition) is 3. The summed E-state index contributed by atoms with van der Waals surface area (Å²) in [6.45, 7) is 0.334. The van der Waals surface area contributed by atoms with Crippen molar-refractivity contribution in [2.45, 2.75) is 19.0 Å². The first kappa shape index (κ1) is 7.46. The number of fused-ring (bicyclic) bond motifs is 3. The highest BCUT2D eigenvalue weighted by Crippen LogP contribution is 2.26. The number of para-hydroxylation sites is 1. The SMILES string of the molecule is [2H]C1([2H])c2c([nH]c3ccccc23)CN[C@@H]1C(=O)O. The number of aromatic nitrogens is 1. The minimum Gasteiger partial charge on any atom is -0.480 e. The van der Waals surface area contributed by atoms with Crippen molar-refractivity contribution < 1.29 is 12.6 Å². The van der Waals surface area contributed by atoms with Crippen molar-refractivity contribution in [2.24, 2.45) is 0 Å². The summed E-state index contributed by atoms with van der Waals surface area (Å²) in [7, 11) is 0. The van der Waals surface area contributed by atoms with E-state index in [2.05, 4.69) is 10.3 Å². The average Bonchev–Trinajstić information content (AvgIpc) is 2.67. The zero-order valence-electron chi connectivity index (χ0n) is 10.4. The van der Waals surface area contributed by atoms with E-state index in [4.69, 9.17) is 7.85 Å². The molecule has 0 unspecified atom stereocenters. The number of rotatable bonds is 1. The van der Waals surface area contributed by atoms with E-state index < -0.39 is 18.4 Å². The molecule has 3 rings (SSSR count). The first-order valence-electron chi connectivity index (χ1n) is 6.08. The third-order valence-corrected chi connectivity index (χ3v) is 2.80. The second-order valence-electron chi connectivity index (χ2n) is 3.82. The topological polar surface area (TPSA) is 65.1 Å². The summed E-state index contributed by atoms with van der Waals surface area (Å²) in [4.78, 5) is 14.3. The molecule has 4 nitrogen and oxygen atoms in total. The Morgan fingerprint density at radius 2 is 2.31 bits per heavy atom. The Morgan fingerprint density at radius 3 is 3.12 bits per heavy atom. The standard InChI is InChI=1S/C12H12N2O2/c15-12(16)10-5-8-7-3-1-2-4-9(7)14-11(8)6-13-10/h1-4,10,13-14H,5-6H2,(H,15,16)/t10-/m0/s1/i5D2. The molecule has 82 valence electrons. The molecule has 2 heterocycles. The van der Waals surface area contributed by atoms with Crippen molar-refractivity contribution >= 4 is 16.9 Å². The van der Waals surface area contributed by atoms with Crippen LogP contribution in [0.5, 0.6) is 0 Å². The zero-order chi connectivity index (χ0) is 12.9. The third-order valence-electron chi connectivity index (χ3n) is 2.80. The van der Waals surface area contributed by atoms with E-state index in [0.717, 1.165) is 16.6 Å². The maximum absolute atomic E-state index is 11.1. The Bertz CT molecular complexity index is 636. The Balaban J connectivity index is 2.27. The molecule has 16 heavy (non-hydrogen) atoms. The van der Waals surface area contributed by atoms with Gasteiger partial charge in [0, 0.05) is 32.3 Å². The van der Waals surface area contributed by atoms with Gasteiger partial charge < -0.3 is 10.1 Å². The minimum absolute atomic E-state index is 0.334. The molecule has 1 atom stereocenters. The molecule has 1 aliphatic heterocycles. The smallest absolute Gasteiger partial charge is 0.321 e. The number of benzene rings is 1. The number of aliphatic carboxylic acids is 1. The summed E-state index contributed by atoms with van der Waals surface area (Å²) in [5, 5.41) is 12.6. The van der Waals surface area contributed by atoms with Crippen LogP contribution in [0.3, 0.4) is 0 Å². The van der Waals surface area contributed by atoms with Crippen molar-refractivity contribution in [1.82, 2.24) is 10.3 Å². The lowest BCUT2D eigenvalue weighted by atomic mass is 9.99. The first-order valence-corrected chi connectivity index (χ1v) is 5.08. The van der Waals surface area contributed by atoms with E-state index in [1.807, 2.05) is 24.3 Å². The molecule has 0 fully saturated rings. The maximum atomic E-state index is 11.1. The van der Waals surface area contributed by atoms with E-state index in [-0.39, 0.29) is 0 Å². The molecule has 4 heteroatoms. The Hall–Kier alpha value is -1.81. The molecule has 1 aromatic carbocycles. The van der Waals surface area contributed by atoms with Crippen LogP contribution in [0.15, 0.2) is 24.3 Å². The lowest BCUT2D eigenvalue weighted by Gasteiger charge is -2.20. The monoisotopic (exact) mass is 218 g/mol. The molecular formula is C12H12N2O2. The number of aromatic amines is 1. The molecule has 0 saturated heterocycles. The predicted molar refractivity (Wildman–Crippen MR) is 60.3 cm³/mol. The fraction of sp³-hybridized carbons (Fsp3) is 0.250. The highest BCUT2D eigenvalue weighted by atomic mass is 16.4. The molecule has 1 aromatic heterocycles. The Morgan fingerprint density at radius 1 is 1.50 bits per heavy atom. The van der Waals surface area contributed by atoms with E-state index >= 15 is 0 Å². The summed E-state index contributed by atoms with van der Waals surface area (Å²) in [5.41, 5.74) is 2.02. The summed E-state index contributed by atoms with van der Waals surface area (Å²) >= 11 is 0. The first-order chi connectivity index (χ1) is 8.51. The van der Waals surface area contributed by atoms with Crippen LogP contribution in [0.25, 0.3) is 10.9 Å². The lowest BCUT2D eigenvalue weighted by Crippen LogP contribution is -2.41. The van der Waals surface area contributed by atoms with Gasteiger partial charge in [-0.1, -0.05) is 18.2 Å². The second kappa shape index (κ2) is 3.35. The van der Waals surface area contributed by atoms with Gasteiger partial charge in [0.25, 0.3) is 0 Å². The van der Waals surface area contributed by atoms with Gasteiger partial charge in [-0.05, 0) is 11.6 Å². The predicted octanol–water partition coefficient (Wildman–Crippen LogP) is 1.27. The fourth-order valence-corrected chi connectivity index (χ4v) is 2.04. The normalized spacial score (nSPS) is 24.6. The van der Waals surface area contributed by atoms with Crippen LogP contribution < -0.4 is 5.32 Å². The van der Waals surface area contributed by atoms with Gasteiger partial charge in [0.15, 0.2) is 0 Å². The van der Waals surface area contributed by atoms with Gasteiger partial charge >= 0.3 is 5.97 Å². The van der Waals surface area contributed by atoms with E-state index in [9.17, 15) is 4.79 Å². The van der Waals surface area contributed by atoms with Crippen molar-refractivity contribution in [1.29, 1.82) is 0 Å². The van der Waals surface area contributed by atoms with Gasteiger partial charge in [-0.3, -0.25) is 10.1 Å². The van der Waals surface area contributed by atoms with Gasteiger partial charge in [0.2, 0.25) is 0 Å². The average molecular weight is 218 g/mol. The molecule has 0 spiro atoms. The molecule has 0 bridgehead atoms. The molecule has 3 N–H and O–H groups in total. The van der Waals surface area contributed by atoms with E-state index in [1.165, 1.54) is 0 Å². The molecule has 1 aliphatic rings. The quantitative estimate of drug-likeness (QED) is 0.675. The molecule has 0 aliphatic carbocycles. The van der Waals surface area contributed by atoms with Crippen LogP contribution in [0.1, 0.15) is 14.0 Å². The van der Waals surface area contributed by atoms with Crippen LogP contribution in [-0.2, 0) is 17.7 Å². The molecule has 0 amide bonds. The number of carboxylic acids is 1. The van der Waals surface area contributed by atoms with Crippen LogP contribution in [0, 0.1) is 0 Å². The number of H-pyrrole nitrogens is 1. The van der Waals surface area contributed by atoms with Gasteiger partial charge in [-0.2, -0.15) is 0 Å². The number of carbonyl (C=O) groups is 1. The number of nitrogens with one attached hydrogen (secondary N) is 2. The number of hydrogen-bond acceptors (Lipinski definition) is 2. The lowest BCUT2D eigenvalue weighted by molar-refractivity contribution is -0.139. The molecule has 0 radical (unpaired) electrons. The highest BCUT2D eigenvalue weighted by molar-refractivity contribution is 5.86. The van der Waals surface area contributed by atoms with Crippen molar-refractivity contribution in [3.05, 3.63) is 35.5 Å². The Kier molecular flexibility index (Phi) is 1.56. The fourth-order valence-electron chi connectivity index (χ4n) is 2.04. The third kappa shape index (κ3) is 1.31. The highest BCUT2D eigenvalue weighted by Gasteiger charge is 2.26. The summed E-state index contributed by atoms with van der Waals surface area (Å²) < 4.78 is 16.2. The van der Waals surface area contributed by atoms with Crippen LogP contribution >= 0.6 is 0 Å². The Labute approximate surface area is 95.1 Å². The zero-order valence-corrected chi connectivity index (χ0v) is 8.45. The second-order valence-corrected chi connectivity index (χ2v) is 3.82. The molecule has 0 saturated carbocycles. The molecule has 2 aromatic rings. The molecular weight excluding hydrogens is 204 g/mol. The van der Waals surface area contributed by atoms with Gasteiger partial charge in [0.05, 0.1) is 0 Å². The van der Waals surface area contributed by atoms with Crippen LogP contribution in [0.4, 0.5) is 0 Å². The van der Waals surface area contributed by atoms with Crippen molar-refractivity contribution in [3.8, 4) is 0 Å². The minimum atomic E-state index is -1.93. The van der Waals surface area contributed by atoms with Crippen LogP contribution in [0.2, 0.25) is 0 Å². The summed E-state index contributed by atoms with van der Waals surface area (Å²) in [6, 6.07) is 6.14. The van der Waals surface area contributed by atoms with E-state index in [0.29, 0.717) is 12.1 Å². The van der Waals surface area contributed by atoms with Gasteiger partial charge in [0.1, 0.15) is 6.04 Å². The van der Waals surface area contributed by atoms with E-state index in [1.54, 1.807) is 0 Å². The summed E-state index contributed by atoms with van der Waals surface area (Å²) in [5.74, 6) is -1.17. The van der Waals surface area contributed by atoms with Gasteiger partial charge in [-0.25, -0.2) is 0 Å². The maximum Gasteiger partial charge on any atom is 0.321 e.